The number of nitro groups is 1. The summed E-state index contributed by atoms with van der Waals surface area (Å²) in [7, 11) is 0.980. The minimum atomic E-state index is -1.82. The fourth-order valence-electron chi connectivity index (χ4n) is 1.50. The second-order valence-corrected chi connectivity index (χ2v) is 4.37. The van der Waals surface area contributed by atoms with Gasteiger partial charge in [0.15, 0.2) is 11.3 Å². The second kappa shape index (κ2) is 6.42. The third kappa shape index (κ3) is 3.41. The van der Waals surface area contributed by atoms with Crippen molar-refractivity contribution in [3.8, 4) is 0 Å². The zero-order chi connectivity index (χ0) is 16.3. The number of aliphatic carboxylic acids is 2. The Morgan fingerprint density at radius 3 is 2.05 bits per heavy atom. The van der Waals surface area contributed by atoms with Crippen molar-refractivity contribution in [3.63, 3.8) is 0 Å². The molecule has 21 heavy (non-hydrogen) atoms. The quantitative estimate of drug-likeness (QED) is 0.211. The fourth-order valence-corrected chi connectivity index (χ4v) is 1.82. The molecule has 0 atom stereocenters. The monoisotopic (exact) mass is 335 g/mol. The second-order valence-electron chi connectivity index (χ2n) is 3.56. The summed E-state index contributed by atoms with van der Waals surface area (Å²) in [5, 5.41) is 28.6. The first-order valence-corrected chi connectivity index (χ1v) is 5.85. The molecule has 1 aromatic rings. The van der Waals surface area contributed by atoms with E-state index in [0.29, 0.717) is 0 Å². The molecule has 0 radical (unpaired) electrons. The van der Waals surface area contributed by atoms with E-state index >= 15 is 0 Å². The maximum Gasteiger partial charge on any atom is 0.347 e. The van der Waals surface area contributed by atoms with Gasteiger partial charge in [-0.15, -0.1) is 0 Å². The topological polar surface area (TPSA) is 127 Å². The smallest absolute Gasteiger partial charge is 0.347 e. The predicted octanol–water partition coefficient (Wildman–Crippen LogP) is 2.43. The predicted molar refractivity (Wildman–Crippen MR) is 72.3 cm³/mol. The van der Waals surface area contributed by atoms with E-state index in [4.69, 9.17) is 38.2 Å². The van der Waals surface area contributed by atoms with Gasteiger partial charge < -0.3 is 14.9 Å². The molecule has 0 unspecified atom stereocenters. The summed E-state index contributed by atoms with van der Waals surface area (Å²) in [5.74, 6) is -4.35. The molecule has 0 aliphatic heterocycles. The zero-order valence-corrected chi connectivity index (χ0v) is 11.8. The lowest BCUT2D eigenvalue weighted by molar-refractivity contribution is -0.385. The summed E-state index contributed by atoms with van der Waals surface area (Å²) in [6, 6.07) is 1.84. The fraction of sp³-hybridized carbons (Fsp3) is 0.0909. The van der Waals surface area contributed by atoms with Gasteiger partial charge in [-0.1, -0.05) is 23.2 Å². The number of ether oxygens (including phenoxy) is 1. The van der Waals surface area contributed by atoms with Crippen LogP contribution in [-0.4, -0.2) is 34.2 Å². The molecule has 2 N–H and O–H groups in total. The van der Waals surface area contributed by atoms with Crippen LogP contribution >= 0.6 is 23.2 Å². The van der Waals surface area contributed by atoms with E-state index in [0.717, 1.165) is 19.2 Å². The van der Waals surface area contributed by atoms with Gasteiger partial charge in [0, 0.05) is 6.07 Å². The molecule has 0 aliphatic carbocycles. The van der Waals surface area contributed by atoms with Gasteiger partial charge in [-0.25, -0.2) is 9.59 Å². The molecule has 0 aliphatic rings. The minimum Gasteiger partial charge on any atom is -0.495 e. The molecule has 112 valence electrons. The SMILES string of the molecule is COC(=C(C(=O)O)C(=O)O)c1cc(Cl)c(Cl)cc1[N+](=O)[O-]. The van der Waals surface area contributed by atoms with E-state index in [2.05, 4.69) is 0 Å². The van der Waals surface area contributed by atoms with Crippen LogP contribution in [0.2, 0.25) is 10.0 Å². The van der Waals surface area contributed by atoms with Crippen molar-refractivity contribution in [2.75, 3.05) is 7.11 Å². The number of hydrogen-bond acceptors (Lipinski definition) is 5. The Hall–Kier alpha value is -2.32. The third-order valence-corrected chi connectivity index (χ3v) is 3.06. The van der Waals surface area contributed by atoms with Crippen LogP contribution in [0.3, 0.4) is 0 Å². The Labute approximate surface area is 127 Å². The van der Waals surface area contributed by atoms with Crippen LogP contribution in [0.25, 0.3) is 5.76 Å². The summed E-state index contributed by atoms with van der Waals surface area (Å²) in [6.07, 6.45) is 0. The van der Waals surface area contributed by atoms with Crippen LogP contribution in [0.15, 0.2) is 17.7 Å². The van der Waals surface area contributed by atoms with Crippen molar-refractivity contribution in [2.45, 2.75) is 0 Å². The average molecular weight is 336 g/mol. The number of benzene rings is 1. The average Bonchev–Trinajstić information content (AvgIpc) is 2.37. The Kier molecular flexibility index (Phi) is 5.12. The highest BCUT2D eigenvalue weighted by molar-refractivity contribution is 6.42. The Morgan fingerprint density at radius 1 is 1.19 bits per heavy atom. The highest BCUT2D eigenvalue weighted by atomic mass is 35.5. The van der Waals surface area contributed by atoms with E-state index in [9.17, 15) is 19.7 Å². The summed E-state index contributed by atoms with van der Waals surface area (Å²) in [6.45, 7) is 0. The van der Waals surface area contributed by atoms with Gasteiger partial charge >= 0.3 is 11.9 Å². The lowest BCUT2D eigenvalue weighted by Crippen LogP contribution is -2.15. The molecule has 0 amide bonds. The molecule has 0 bridgehead atoms. The summed E-state index contributed by atoms with van der Waals surface area (Å²) < 4.78 is 4.72. The molecular formula is C11H7Cl2NO7. The molecule has 10 heteroatoms. The van der Waals surface area contributed by atoms with E-state index in [1.807, 2.05) is 0 Å². The van der Waals surface area contributed by atoms with Crippen LogP contribution in [0.5, 0.6) is 0 Å². The first-order chi connectivity index (χ1) is 9.70. The number of carboxylic acid groups (broad SMARTS) is 2. The molecule has 0 saturated heterocycles. The van der Waals surface area contributed by atoms with Gasteiger partial charge in [0.05, 0.1) is 27.6 Å². The van der Waals surface area contributed by atoms with Gasteiger partial charge in [-0.05, 0) is 6.07 Å². The number of methoxy groups -OCH3 is 1. The number of hydrogen-bond donors (Lipinski definition) is 2. The molecule has 0 heterocycles. The van der Waals surface area contributed by atoms with Gasteiger partial charge in [-0.3, -0.25) is 10.1 Å². The summed E-state index contributed by atoms with van der Waals surface area (Å²) >= 11 is 11.4. The summed E-state index contributed by atoms with van der Waals surface area (Å²) in [4.78, 5) is 32.1. The molecule has 0 saturated carbocycles. The van der Waals surface area contributed by atoms with Crippen LogP contribution in [0.1, 0.15) is 5.56 Å². The number of carbonyl (C=O) groups is 2. The largest absolute Gasteiger partial charge is 0.495 e. The molecule has 8 nitrogen and oxygen atoms in total. The normalized spacial score (nSPS) is 9.86. The Balaban J connectivity index is 3.81. The third-order valence-electron chi connectivity index (χ3n) is 2.34. The number of carboxylic acids is 2. The van der Waals surface area contributed by atoms with Gasteiger partial charge in [-0.2, -0.15) is 0 Å². The van der Waals surface area contributed by atoms with Crippen molar-refractivity contribution in [1.82, 2.24) is 0 Å². The van der Waals surface area contributed by atoms with E-state index in [1.165, 1.54) is 0 Å². The van der Waals surface area contributed by atoms with Gasteiger partial charge in [0.2, 0.25) is 0 Å². The lowest BCUT2D eigenvalue weighted by atomic mass is 10.1. The standard InChI is InChI=1S/C11H7Cl2NO7/c1-21-9(8(10(15)16)11(17)18)4-2-5(12)6(13)3-7(4)14(19)20/h2-3H,1H3,(H,15,16)(H,17,18). The minimum absolute atomic E-state index is 0.123. The molecule has 0 spiro atoms. The Bertz CT molecular complexity index is 653. The zero-order valence-electron chi connectivity index (χ0n) is 10.3. The Morgan fingerprint density at radius 2 is 1.67 bits per heavy atom. The van der Waals surface area contributed by atoms with Crippen LogP contribution in [0.4, 0.5) is 5.69 Å². The van der Waals surface area contributed by atoms with Crippen LogP contribution in [-0.2, 0) is 14.3 Å². The van der Waals surface area contributed by atoms with Crippen LogP contribution < -0.4 is 0 Å². The van der Waals surface area contributed by atoms with Crippen LogP contribution in [0, 0.1) is 10.1 Å². The molecule has 0 fully saturated rings. The maximum absolute atomic E-state index is 11.0. The highest BCUT2D eigenvalue weighted by Crippen LogP contribution is 2.35. The van der Waals surface area contributed by atoms with Crippen molar-refractivity contribution < 1.29 is 29.5 Å². The number of nitro benzene ring substituents is 1. The van der Waals surface area contributed by atoms with E-state index in [-0.39, 0.29) is 10.0 Å². The highest BCUT2D eigenvalue weighted by Gasteiger charge is 2.29. The van der Waals surface area contributed by atoms with Crippen molar-refractivity contribution in [1.29, 1.82) is 0 Å². The first kappa shape index (κ1) is 16.7. The molecule has 1 aromatic carbocycles. The van der Waals surface area contributed by atoms with Crippen molar-refractivity contribution in [2.24, 2.45) is 0 Å². The molecular weight excluding hydrogens is 329 g/mol. The maximum atomic E-state index is 11.0. The number of rotatable bonds is 5. The van der Waals surface area contributed by atoms with Crippen molar-refractivity contribution >= 4 is 46.6 Å². The summed E-state index contributed by atoms with van der Waals surface area (Å²) in [5.41, 5.74) is -2.21. The van der Waals surface area contributed by atoms with E-state index in [1.54, 1.807) is 0 Å². The van der Waals surface area contributed by atoms with E-state index < -0.39 is 39.4 Å². The van der Waals surface area contributed by atoms with Gasteiger partial charge in [0.1, 0.15) is 0 Å². The van der Waals surface area contributed by atoms with Gasteiger partial charge in [0.25, 0.3) is 5.69 Å². The molecule has 1 rings (SSSR count). The number of halogens is 2. The molecule has 0 aromatic heterocycles. The first-order valence-electron chi connectivity index (χ1n) is 5.09. The van der Waals surface area contributed by atoms with Crippen molar-refractivity contribution in [3.05, 3.63) is 43.4 Å². The number of nitrogens with zero attached hydrogens (tertiary/aromatic N) is 1. The lowest BCUT2D eigenvalue weighted by Gasteiger charge is -2.10.